The molecule has 1 heterocycles. The van der Waals surface area contributed by atoms with Crippen LogP contribution in [0, 0.1) is 0 Å². The first-order valence-corrected chi connectivity index (χ1v) is 8.61. The van der Waals surface area contributed by atoms with Crippen LogP contribution in [0.2, 0.25) is 0 Å². The van der Waals surface area contributed by atoms with Crippen LogP contribution < -0.4 is 14.8 Å². The average molecular weight is 343 g/mol. The van der Waals surface area contributed by atoms with Crippen molar-refractivity contribution in [3.8, 4) is 11.5 Å². The fraction of sp³-hybridized carbons (Fsp3) is 0.263. The second-order valence-electron chi connectivity index (χ2n) is 5.49. The van der Waals surface area contributed by atoms with Crippen molar-refractivity contribution in [2.24, 2.45) is 0 Å². The Balaban J connectivity index is 1.64. The number of benzene rings is 2. The molecule has 0 aliphatic carbocycles. The van der Waals surface area contributed by atoms with E-state index in [2.05, 4.69) is 23.5 Å². The maximum absolute atomic E-state index is 10.4. The van der Waals surface area contributed by atoms with Crippen LogP contribution in [0.1, 0.15) is 16.5 Å². The van der Waals surface area contributed by atoms with Crippen LogP contribution in [0.3, 0.4) is 0 Å². The molecular weight excluding hydrogens is 322 g/mol. The summed E-state index contributed by atoms with van der Waals surface area (Å²) in [5.41, 5.74) is 1.00. The molecule has 4 nitrogen and oxygen atoms in total. The Morgan fingerprint density at radius 3 is 2.67 bits per heavy atom. The van der Waals surface area contributed by atoms with Crippen molar-refractivity contribution in [3.05, 3.63) is 59.0 Å². The van der Waals surface area contributed by atoms with Gasteiger partial charge in [-0.05, 0) is 23.6 Å². The van der Waals surface area contributed by atoms with Crippen molar-refractivity contribution >= 4 is 21.4 Å². The van der Waals surface area contributed by atoms with Gasteiger partial charge >= 0.3 is 0 Å². The third-order valence-corrected chi connectivity index (χ3v) is 5.13. The fourth-order valence-corrected chi connectivity index (χ4v) is 3.75. The van der Waals surface area contributed by atoms with Gasteiger partial charge in [-0.15, -0.1) is 11.3 Å². The van der Waals surface area contributed by atoms with Gasteiger partial charge in [-0.2, -0.15) is 0 Å². The van der Waals surface area contributed by atoms with Crippen LogP contribution in [0.5, 0.6) is 11.5 Å². The zero-order valence-electron chi connectivity index (χ0n) is 13.8. The summed E-state index contributed by atoms with van der Waals surface area (Å²) in [4.78, 5) is 0.973. The fourth-order valence-electron chi connectivity index (χ4n) is 2.70. The van der Waals surface area contributed by atoms with Crippen LogP contribution in [-0.2, 0) is 6.54 Å². The molecule has 126 valence electrons. The smallest absolute Gasteiger partial charge is 0.165 e. The van der Waals surface area contributed by atoms with E-state index in [1.807, 2.05) is 30.3 Å². The highest BCUT2D eigenvalue weighted by atomic mass is 32.1. The normalized spacial score (nSPS) is 12.3. The lowest BCUT2D eigenvalue weighted by atomic mass is 10.1. The molecular formula is C19H21NO3S. The van der Waals surface area contributed by atoms with Gasteiger partial charge in [0.05, 0.1) is 14.2 Å². The van der Waals surface area contributed by atoms with E-state index < -0.39 is 6.10 Å². The summed E-state index contributed by atoms with van der Waals surface area (Å²) >= 11 is 1.63. The van der Waals surface area contributed by atoms with E-state index in [9.17, 15) is 5.11 Å². The summed E-state index contributed by atoms with van der Waals surface area (Å²) in [5, 5.41) is 14.9. The van der Waals surface area contributed by atoms with Crippen molar-refractivity contribution in [2.75, 3.05) is 20.8 Å². The molecule has 0 bridgehead atoms. The topological polar surface area (TPSA) is 50.7 Å². The average Bonchev–Trinajstić information content (AvgIpc) is 3.05. The Labute approximate surface area is 145 Å². The zero-order valence-corrected chi connectivity index (χ0v) is 14.6. The highest BCUT2D eigenvalue weighted by Gasteiger charge is 2.13. The number of aliphatic hydroxyl groups is 1. The minimum atomic E-state index is -0.529. The van der Waals surface area contributed by atoms with Crippen LogP contribution in [0.4, 0.5) is 0 Å². The number of rotatable bonds is 7. The summed E-state index contributed by atoms with van der Waals surface area (Å²) in [5.74, 6) is 1.44. The van der Waals surface area contributed by atoms with Crippen molar-refractivity contribution in [1.29, 1.82) is 0 Å². The molecule has 1 unspecified atom stereocenters. The summed E-state index contributed by atoms with van der Waals surface area (Å²) in [6.45, 7) is 1.08. The van der Waals surface area contributed by atoms with E-state index in [0.29, 0.717) is 18.8 Å². The molecule has 24 heavy (non-hydrogen) atoms. The van der Waals surface area contributed by atoms with Crippen LogP contribution in [0.25, 0.3) is 10.1 Å². The van der Waals surface area contributed by atoms with Crippen molar-refractivity contribution in [1.82, 2.24) is 5.32 Å². The molecule has 3 rings (SSSR count). The van der Waals surface area contributed by atoms with E-state index in [-0.39, 0.29) is 0 Å². The molecule has 1 aromatic heterocycles. The summed E-state index contributed by atoms with van der Waals surface area (Å²) in [7, 11) is 3.26. The predicted octanol–water partition coefficient (Wildman–Crippen LogP) is 3.74. The van der Waals surface area contributed by atoms with E-state index >= 15 is 0 Å². The number of hydrogen-bond acceptors (Lipinski definition) is 5. The number of fused-ring (bicyclic) bond motifs is 1. The number of nitrogens with one attached hydrogen (secondary N) is 1. The SMILES string of the molecule is COc1cccc(CNCC(O)c2cc3ccccc3s2)c1OC. The third kappa shape index (κ3) is 3.53. The van der Waals surface area contributed by atoms with Gasteiger partial charge in [-0.25, -0.2) is 0 Å². The van der Waals surface area contributed by atoms with E-state index in [1.54, 1.807) is 25.6 Å². The van der Waals surface area contributed by atoms with E-state index in [1.165, 1.54) is 10.1 Å². The molecule has 0 spiro atoms. The molecule has 5 heteroatoms. The summed E-state index contributed by atoms with van der Waals surface area (Å²) in [6.07, 6.45) is -0.529. The van der Waals surface area contributed by atoms with Gasteiger partial charge in [0.15, 0.2) is 11.5 Å². The number of aliphatic hydroxyl groups excluding tert-OH is 1. The van der Waals surface area contributed by atoms with Gasteiger partial charge < -0.3 is 19.9 Å². The van der Waals surface area contributed by atoms with Crippen molar-refractivity contribution in [2.45, 2.75) is 12.6 Å². The lowest BCUT2D eigenvalue weighted by molar-refractivity contribution is 0.178. The Bertz CT molecular complexity index is 782. The van der Waals surface area contributed by atoms with Crippen LogP contribution in [0.15, 0.2) is 48.5 Å². The number of para-hydroxylation sites is 1. The van der Waals surface area contributed by atoms with E-state index in [4.69, 9.17) is 9.47 Å². The molecule has 0 amide bonds. The first-order valence-electron chi connectivity index (χ1n) is 7.80. The molecule has 0 aliphatic heterocycles. The van der Waals surface area contributed by atoms with Crippen LogP contribution >= 0.6 is 11.3 Å². The maximum atomic E-state index is 10.4. The largest absolute Gasteiger partial charge is 0.493 e. The van der Waals surface area contributed by atoms with Gasteiger partial charge in [0.2, 0.25) is 0 Å². The van der Waals surface area contributed by atoms with Gasteiger partial charge in [0.1, 0.15) is 6.10 Å². The molecule has 1 atom stereocenters. The predicted molar refractivity (Wildman–Crippen MR) is 98.0 cm³/mol. The molecule has 0 aliphatic rings. The summed E-state index contributed by atoms with van der Waals surface area (Å²) in [6, 6.07) is 16.0. The molecule has 0 fully saturated rings. The first kappa shape index (κ1) is 16.8. The van der Waals surface area contributed by atoms with Crippen molar-refractivity contribution < 1.29 is 14.6 Å². The molecule has 0 radical (unpaired) electrons. The number of methoxy groups -OCH3 is 2. The minimum Gasteiger partial charge on any atom is -0.493 e. The molecule has 2 aromatic carbocycles. The number of thiophene rings is 1. The van der Waals surface area contributed by atoms with E-state index in [0.717, 1.165) is 16.2 Å². The third-order valence-electron chi connectivity index (χ3n) is 3.91. The quantitative estimate of drug-likeness (QED) is 0.686. The maximum Gasteiger partial charge on any atom is 0.165 e. The zero-order chi connectivity index (χ0) is 16.9. The number of hydrogen-bond donors (Lipinski definition) is 2. The highest BCUT2D eigenvalue weighted by Crippen LogP contribution is 2.31. The molecule has 2 N–H and O–H groups in total. The molecule has 0 saturated carbocycles. The van der Waals surface area contributed by atoms with Crippen molar-refractivity contribution in [3.63, 3.8) is 0 Å². The monoisotopic (exact) mass is 343 g/mol. The van der Waals surface area contributed by atoms with Gasteiger partial charge in [-0.3, -0.25) is 0 Å². The number of ether oxygens (including phenoxy) is 2. The molecule has 3 aromatic rings. The van der Waals surface area contributed by atoms with Gasteiger partial charge in [0, 0.05) is 28.2 Å². The lowest BCUT2D eigenvalue weighted by Gasteiger charge is -2.14. The lowest BCUT2D eigenvalue weighted by Crippen LogP contribution is -2.20. The first-order chi connectivity index (χ1) is 11.7. The second-order valence-corrected chi connectivity index (χ2v) is 6.60. The Morgan fingerprint density at radius 2 is 1.92 bits per heavy atom. The standard InChI is InChI=1S/C19H21NO3S/c1-22-16-8-5-7-14(19(16)23-2)11-20-12-15(21)18-10-13-6-3-4-9-17(13)24-18/h3-10,15,20-21H,11-12H2,1-2H3. The van der Waals surface area contributed by atoms with Gasteiger partial charge in [0.25, 0.3) is 0 Å². The van der Waals surface area contributed by atoms with Crippen LogP contribution in [-0.4, -0.2) is 25.9 Å². The Morgan fingerprint density at radius 1 is 1.08 bits per heavy atom. The minimum absolute atomic E-state index is 0.479. The second kappa shape index (κ2) is 7.66. The summed E-state index contributed by atoms with van der Waals surface area (Å²) < 4.78 is 11.9. The Kier molecular flexibility index (Phi) is 5.35. The Hall–Kier alpha value is -2.08. The highest BCUT2D eigenvalue weighted by molar-refractivity contribution is 7.19. The van der Waals surface area contributed by atoms with Gasteiger partial charge in [-0.1, -0.05) is 30.3 Å². The molecule has 0 saturated heterocycles.